The topological polar surface area (TPSA) is 52.3 Å². The Balaban J connectivity index is 2.36. The van der Waals surface area contributed by atoms with Crippen LogP contribution in [0.3, 0.4) is 0 Å². The number of nitrogens with two attached hydrogens (primary N) is 1. The molecule has 3 heteroatoms. The normalized spacial score (nSPS) is 21.2. The van der Waals surface area contributed by atoms with Gasteiger partial charge in [-0.3, -0.25) is 4.79 Å². The first-order valence-corrected chi connectivity index (χ1v) is 5.14. The zero-order valence-corrected chi connectivity index (χ0v) is 8.85. The molecule has 1 aliphatic heterocycles. The fraction of sp³-hybridized carbons (Fsp3) is 0.154. The molecule has 1 aromatic rings. The van der Waals surface area contributed by atoms with E-state index >= 15 is 0 Å². The molecule has 0 aliphatic carbocycles. The van der Waals surface area contributed by atoms with Crippen LogP contribution < -0.4 is 10.5 Å². The second kappa shape index (κ2) is 4.66. The highest BCUT2D eigenvalue weighted by molar-refractivity contribution is 5.99. The Bertz CT molecular complexity index is 461. The zero-order chi connectivity index (χ0) is 11.4. The molecule has 2 rings (SSSR count). The van der Waals surface area contributed by atoms with Crippen molar-refractivity contribution in [3.8, 4) is 5.75 Å². The molecule has 0 radical (unpaired) electrons. The number of allylic oxidation sites excluding steroid dienone is 2. The predicted molar refractivity (Wildman–Crippen MR) is 62.3 cm³/mol. The number of Topliss-reactive ketones (excluding diaryl/α,β-unsaturated/α-hetero) is 1. The number of fused-ring (bicyclic) bond motifs is 1. The molecule has 2 N–H and O–H groups in total. The lowest BCUT2D eigenvalue weighted by molar-refractivity contribution is 0.0992. The molecule has 0 spiro atoms. The van der Waals surface area contributed by atoms with Crippen LogP contribution in [0.2, 0.25) is 0 Å². The number of hydrogen-bond acceptors (Lipinski definition) is 3. The molecular formula is C13H13NO2. The predicted octanol–water partition coefficient (Wildman–Crippen LogP) is 2.05. The minimum atomic E-state index is 0.0431. The molecule has 0 saturated carbocycles. The van der Waals surface area contributed by atoms with Crippen LogP contribution >= 0.6 is 0 Å². The molecule has 1 aromatic carbocycles. The quantitative estimate of drug-likeness (QED) is 0.720. The van der Waals surface area contributed by atoms with E-state index in [2.05, 4.69) is 0 Å². The summed E-state index contributed by atoms with van der Waals surface area (Å²) in [5.74, 6) is 0.661. The number of ether oxygens (including phenoxy) is 1. The highest BCUT2D eigenvalue weighted by atomic mass is 16.5. The van der Waals surface area contributed by atoms with Crippen LogP contribution in [0.1, 0.15) is 16.8 Å². The van der Waals surface area contributed by atoms with Crippen molar-refractivity contribution >= 4 is 5.78 Å². The minimum absolute atomic E-state index is 0.0431. The largest absolute Gasteiger partial charge is 0.489 e. The fourth-order valence-electron chi connectivity index (χ4n) is 1.53. The number of carbonyl (C=O) groups excluding carboxylic acids is 1. The van der Waals surface area contributed by atoms with Crippen LogP contribution in [-0.4, -0.2) is 12.4 Å². The van der Waals surface area contributed by atoms with Crippen LogP contribution in [0.4, 0.5) is 0 Å². The maximum absolute atomic E-state index is 11.8. The van der Waals surface area contributed by atoms with Gasteiger partial charge in [0, 0.05) is 12.1 Å². The van der Waals surface area contributed by atoms with Crippen LogP contribution in [-0.2, 0) is 0 Å². The van der Waals surface area contributed by atoms with Gasteiger partial charge in [-0.2, -0.15) is 0 Å². The number of rotatable bonds is 0. The Morgan fingerprint density at radius 1 is 1.25 bits per heavy atom. The molecule has 0 atom stereocenters. The number of hydrogen-bond donors (Lipinski definition) is 1. The first-order valence-electron chi connectivity index (χ1n) is 5.14. The molecule has 0 amide bonds. The second-order valence-electron chi connectivity index (χ2n) is 3.54. The Kier molecular flexibility index (Phi) is 3.05. The van der Waals surface area contributed by atoms with Gasteiger partial charge < -0.3 is 10.5 Å². The summed E-state index contributed by atoms with van der Waals surface area (Å²) in [7, 11) is 0. The van der Waals surface area contributed by atoms with E-state index in [1.165, 1.54) is 0 Å². The molecule has 1 aliphatic rings. The number of benzene rings is 1. The zero-order valence-electron chi connectivity index (χ0n) is 8.85. The third-order valence-electron chi connectivity index (χ3n) is 2.36. The lowest BCUT2D eigenvalue weighted by Crippen LogP contribution is -2.06. The van der Waals surface area contributed by atoms with Crippen molar-refractivity contribution in [1.82, 2.24) is 0 Å². The third-order valence-corrected chi connectivity index (χ3v) is 2.36. The fourth-order valence-corrected chi connectivity index (χ4v) is 1.53. The van der Waals surface area contributed by atoms with E-state index < -0.39 is 0 Å². The monoisotopic (exact) mass is 215 g/mol. The number of carbonyl (C=O) groups is 1. The van der Waals surface area contributed by atoms with Gasteiger partial charge in [-0.25, -0.2) is 0 Å². The molecule has 0 fully saturated rings. The first-order chi connectivity index (χ1) is 7.77. The van der Waals surface area contributed by atoms with Gasteiger partial charge in [0.05, 0.1) is 5.56 Å². The number of para-hydroxylation sites is 1. The summed E-state index contributed by atoms with van der Waals surface area (Å²) in [6.45, 7) is 0.375. The summed E-state index contributed by atoms with van der Waals surface area (Å²) >= 11 is 0. The summed E-state index contributed by atoms with van der Waals surface area (Å²) < 4.78 is 5.49. The molecule has 0 saturated heterocycles. The Labute approximate surface area is 94.2 Å². The molecule has 0 bridgehead atoms. The Hall–Kier alpha value is -2.03. The van der Waals surface area contributed by atoms with Gasteiger partial charge in [-0.15, -0.1) is 0 Å². The third kappa shape index (κ3) is 2.31. The van der Waals surface area contributed by atoms with Gasteiger partial charge in [0.25, 0.3) is 0 Å². The highest BCUT2D eigenvalue weighted by Gasteiger charge is 2.10. The van der Waals surface area contributed by atoms with Gasteiger partial charge in [-0.1, -0.05) is 18.2 Å². The standard InChI is InChI=1S/C13H13NO2/c14-10-4-3-6-12(15)11-5-1-2-7-13(11)16-9-8-10/h1-5,7-8H,6,9,14H2/b4-3-,10-8+. The average molecular weight is 215 g/mol. The van der Waals surface area contributed by atoms with Crippen molar-refractivity contribution in [1.29, 1.82) is 0 Å². The number of ketones is 1. The minimum Gasteiger partial charge on any atom is -0.489 e. The molecular weight excluding hydrogens is 202 g/mol. The summed E-state index contributed by atoms with van der Waals surface area (Å²) in [5, 5.41) is 0. The van der Waals surface area contributed by atoms with Gasteiger partial charge >= 0.3 is 0 Å². The van der Waals surface area contributed by atoms with Crippen molar-refractivity contribution in [3.63, 3.8) is 0 Å². The Morgan fingerprint density at radius 3 is 2.94 bits per heavy atom. The van der Waals surface area contributed by atoms with Crippen LogP contribution in [0, 0.1) is 0 Å². The second-order valence-corrected chi connectivity index (χ2v) is 3.54. The lowest BCUT2D eigenvalue weighted by atomic mass is 10.1. The maximum Gasteiger partial charge on any atom is 0.170 e. The molecule has 16 heavy (non-hydrogen) atoms. The van der Waals surface area contributed by atoms with E-state index in [1.807, 2.05) is 12.1 Å². The van der Waals surface area contributed by atoms with Crippen LogP contribution in [0.25, 0.3) is 0 Å². The molecule has 0 unspecified atom stereocenters. The first kappa shape index (κ1) is 10.5. The van der Waals surface area contributed by atoms with Crippen molar-refractivity contribution in [2.24, 2.45) is 5.73 Å². The van der Waals surface area contributed by atoms with Crippen molar-refractivity contribution < 1.29 is 9.53 Å². The van der Waals surface area contributed by atoms with Gasteiger partial charge in [0.15, 0.2) is 5.78 Å². The van der Waals surface area contributed by atoms with Gasteiger partial charge in [0.1, 0.15) is 12.4 Å². The van der Waals surface area contributed by atoms with Crippen LogP contribution in [0.5, 0.6) is 5.75 Å². The molecule has 0 aromatic heterocycles. The van der Waals surface area contributed by atoms with E-state index in [1.54, 1.807) is 30.4 Å². The highest BCUT2D eigenvalue weighted by Crippen LogP contribution is 2.20. The summed E-state index contributed by atoms with van der Waals surface area (Å²) in [4.78, 5) is 11.8. The van der Waals surface area contributed by atoms with E-state index in [0.717, 1.165) is 0 Å². The molecule has 3 nitrogen and oxygen atoms in total. The van der Waals surface area contributed by atoms with Gasteiger partial charge in [-0.05, 0) is 24.3 Å². The summed E-state index contributed by atoms with van der Waals surface area (Å²) in [6, 6.07) is 7.25. The Morgan fingerprint density at radius 2 is 2.06 bits per heavy atom. The van der Waals surface area contributed by atoms with E-state index in [9.17, 15) is 4.79 Å². The van der Waals surface area contributed by atoms with Crippen LogP contribution in [0.15, 0.2) is 48.2 Å². The van der Waals surface area contributed by atoms with Crippen molar-refractivity contribution in [3.05, 3.63) is 53.8 Å². The molecule has 82 valence electrons. The van der Waals surface area contributed by atoms with E-state index in [4.69, 9.17) is 10.5 Å². The summed E-state index contributed by atoms with van der Waals surface area (Å²) in [6.07, 6.45) is 5.63. The van der Waals surface area contributed by atoms with E-state index in [-0.39, 0.29) is 5.78 Å². The van der Waals surface area contributed by atoms with Crippen molar-refractivity contribution in [2.75, 3.05) is 6.61 Å². The maximum atomic E-state index is 11.8. The molecule has 1 heterocycles. The van der Waals surface area contributed by atoms with Crippen molar-refractivity contribution in [2.45, 2.75) is 6.42 Å². The SMILES string of the molecule is NC1=C/COc2ccccc2C(=O)C/C=C\1. The van der Waals surface area contributed by atoms with E-state index in [0.29, 0.717) is 30.0 Å². The summed E-state index contributed by atoms with van der Waals surface area (Å²) in [5.41, 5.74) is 6.92. The van der Waals surface area contributed by atoms with Gasteiger partial charge in [0.2, 0.25) is 0 Å². The lowest BCUT2D eigenvalue weighted by Gasteiger charge is -2.09. The average Bonchev–Trinajstić information content (AvgIpc) is 2.29. The smallest absolute Gasteiger partial charge is 0.170 e.